The van der Waals surface area contributed by atoms with E-state index in [-0.39, 0.29) is 11.8 Å². The van der Waals surface area contributed by atoms with Crippen LogP contribution in [0.15, 0.2) is 18.2 Å². The molecule has 3 fully saturated rings. The summed E-state index contributed by atoms with van der Waals surface area (Å²) < 4.78 is 0. The summed E-state index contributed by atoms with van der Waals surface area (Å²) in [7, 11) is 0. The van der Waals surface area contributed by atoms with Crippen molar-refractivity contribution in [2.75, 3.05) is 5.32 Å². The molecule has 19 heavy (non-hydrogen) atoms. The molecule has 0 saturated heterocycles. The highest BCUT2D eigenvalue weighted by atomic mass is 35.5. The summed E-state index contributed by atoms with van der Waals surface area (Å²) in [6.45, 7) is 0. The molecular weight excluding hydrogens is 281 g/mol. The zero-order chi connectivity index (χ0) is 13.1. The summed E-state index contributed by atoms with van der Waals surface area (Å²) in [5, 5.41) is 4.06. The highest BCUT2D eigenvalue weighted by Crippen LogP contribution is 2.69. The zero-order valence-corrected chi connectivity index (χ0v) is 11.9. The van der Waals surface area contributed by atoms with E-state index in [2.05, 4.69) is 5.32 Å². The Hall–Kier alpha value is -0.730. The standard InChI is InChI=1S/C15H15Cl2NO/c16-9-3-4-11(10(17)6-9)18-15(19)14-12-7-1-2-8(5-7)13(12)14/h3-4,6-8,12-14H,1-2,5H2,(H,18,19)/t7-,8-,12-,13-/m0/s1. The third-order valence-electron chi connectivity index (χ3n) is 5.23. The average molecular weight is 296 g/mol. The van der Waals surface area contributed by atoms with Gasteiger partial charge in [0, 0.05) is 10.9 Å². The van der Waals surface area contributed by atoms with Gasteiger partial charge < -0.3 is 5.32 Å². The molecule has 0 spiro atoms. The Kier molecular flexibility index (Phi) is 2.62. The second-order valence-electron chi connectivity index (χ2n) is 6.13. The first-order chi connectivity index (χ1) is 9.15. The molecule has 0 aromatic heterocycles. The SMILES string of the molecule is O=C(Nc1ccc(Cl)cc1Cl)C1[C@H]2[C@H]3CC[C@@H](C3)[C@H]12. The first kappa shape index (κ1) is 12.0. The van der Waals surface area contributed by atoms with E-state index in [1.807, 2.05) is 0 Å². The van der Waals surface area contributed by atoms with Crippen LogP contribution in [-0.4, -0.2) is 5.91 Å². The summed E-state index contributed by atoms with van der Waals surface area (Å²) in [4.78, 5) is 12.3. The van der Waals surface area contributed by atoms with Crippen LogP contribution in [0, 0.1) is 29.6 Å². The van der Waals surface area contributed by atoms with Gasteiger partial charge in [0.1, 0.15) is 0 Å². The predicted octanol–water partition coefficient (Wildman–Crippen LogP) is 4.22. The minimum Gasteiger partial charge on any atom is -0.325 e. The first-order valence-corrected chi connectivity index (χ1v) is 7.66. The zero-order valence-electron chi connectivity index (χ0n) is 10.4. The Labute approximate surface area is 122 Å². The fourth-order valence-corrected chi connectivity index (χ4v) is 4.94. The Morgan fingerprint density at radius 1 is 1.16 bits per heavy atom. The van der Waals surface area contributed by atoms with Crippen LogP contribution >= 0.6 is 23.2 Å². The molecule has 4 heteroatoms. The minimum absolute atomic E-state index is 0.149. The summed E-state index contributed by atoms with van der Waals surface area (Å²) in [5.74, 6) is 3.32. The molecule has 100 valence electrons. The highest BCUT2D eigenvalue weighted by molar-refractivity contribution is 6.36. The summed E-state index contributed by atoms with van der Waals surface area (Å²) in [6, 6.07) is 5.19. The van der Waals surface area contributed by atoms with Crippen molar-refractivity contribution in [3.63, 3.8) is 0 Å². The molecule has 1 aromatic carbocycles. The average Bonchev–Trinajstić information content (AvgIpc) is 2.82. The third kappa shape index (κ3) is 1.80. The van der Waals surface area contributed by atoms with Gasteiger partial charge in [0.2, 0.25) is 5.91 Å². The monoisotopic (exact) mass is 295 g/mol. The minimum atomic E-state index is 0.149. The number of halogens is 2. The molecular formula is C15H15Cl2NO. The fraction of sp³-hybridized carbons (Fsp3) is 0.533. The molecule has 0 heterocycles. The van der Waals surface area contributed by atoms with E-state index in [0.717, 1.165) is 11.8 Å². The van der Waals surface area contributed by atoms with E-state index in [0.29, 0.717) is 27.6 Å². The van der Waals surface area contributed by atoms with Gasteiger partial charge in [0.15, 0.2) is 0 Å². The molecule has 1 aromatic rings. The number of carbonyl (C=O) groups is 1. The van der Waals surface area contributed by atoms with Crippen molar-refractivity contribution < 1.29 is 4.79 Å². The van der Waals surface area contributed by atoms with Crippen molar-refractivity contribution >= 4 is 34.8 Å². The Bertz CT molecular complexity index is 543. The molecule has 1 amide bonds. The van der Waals surface area contributed by atoms with Gasteiger partial charge in [-0.05, 0) is 61.1 Å². The van der Waals surface area contributed by atoms with E-state index in [4.69, 9.17) is 23.2 Å². The Morgan fingerprint density at radius 2 is 1.84 bits per heavy atom. The van der Waals surface area contributed by atoms with E-state index in [9.17, 15) is 4.79 Å². The van der Waals surface area contributed by atoms with E-state index in [1.165, 1.54) is 19.3 Å². The number of carbonyl (C=O) groups excluding carboxylic acids is 1. The lowest BCUT2D eigenvalue weighted by atomic mass is 10.0. The molecule has 1 N–H and O–H groups in total. The number of nitrogens with one attached hydrogen (secondary N) is 1. The topological polar surface area (TPSA) is 29.1 Å². The number of hydrogen-bond donors (Lipinski definition) is 1. The van der Waals surface area contributed by atoms with Crippen molar-refractivity contribution in [1.82, 2.24) is 0 Å². The summed E-state index contributed by atoms with van der Waals surface area (Å²) in [6.07, 6.45) is 4.02. The molecule has 3 aliphatic rings. The molecule has 3 aliphatic carbocycles. The lowest BCUT2D eigenvalue weighted by Crippen LogP contribution is -2.18. The van der Waals surface area contributed by atoms with Crippen molar-refractivity contribution in [2.24, 2.45) is 29.6 Å². The van der Waals surface area contributed by atoms with E-state index in [1.54, 1.807) is 18.2 Å². The molecule has 3 saturated carbocycles. The van der Waals surface area contributed by atoms with Crippen LogP contribution in [0.2, 0.25) is 10.0 Å². The molecule has 2 nitrogen and oxygen atoms in total. The van der Waals surface area contributed by atoms with Gasteiger partial charge in [-0.3, -0.25) is 4.79 Å². The molecule has 0 aliphatic heterocycles. The molecule has 4 rings (SSSR count). The number of anilines is 1. The number of hydrogen-bond acceptors (Lipinski definition) is 1. The number of fused-ring (bicyclic) bond motifs is 5. The Balaban J connectivity index is 1.48. The molecule has 2 bridgehead atoms. The van der Waals surface area contributed by atoms with E-state index < -0.39 is 0 Å². The van der Waals surface area contributed by atoms with Gasteiger partial charge in [-0.25, -0.2) is 0 Å². The maximum atomic E-state index is 12.3. The maximum absolute atomic E-state index is 12.3. The largest absolute Gasteiger partial charge is 0.325 e. The lowest BCUT2D eigenvalue weighted by molar-refractivity contribution is -0.118. The molecule has 0 unspecified atom stereocenters. The van der Waals surface area contributed by atoms with Crippen LogP contribution < -0.4 is 5.32 Å². The number of rotatable bonds is 2. The summed E-state index contributed by atoms with van der Waals surface area (Å²) >= 11 is 11.9. The summed E-state index contributed by atoms with van der Waals surface area (Å²) in [5.41, 5.74) is 0.674. The van der Waals surface area contributed by atoms with Crippen LogP contribution in [0.4, 0.5) is 5.69 Å². The van der Waals surface area contributed by atoms with E-state index >= 15 is 0 Å². The van der Waals surface area contributed by atoms with Crippen LogP contribution in [0.25, 0.3) is 0 Å². The smallest absolute Gasteiger partial charge is 0.228 e. The van der Waals surface area contributed by atoms with Gasteiger partial charge in [0.25, 0.3) is 0 Å². The third-order valence-corrected chi connectivity index (χ3v) is 5.77. The predicted molar refractivity (Wildman–Crippen MR) is 76.4 cm³/mol. The van der Waals surface area contributed by atoms with Gasteiger partial charge in [-0.2, -0.15) is 0 Å². The van der Waals surface area contributed by atoms with Gasteiger partial charge in [0.05, 0.1) is 10.7 Å². The number of benzene rings is 1. The van der Waals surface area contributed by atoms with Crippen molar-refractivity contribution in [2.45, 2.75) is 19.3 Å². The van der Waals surface area contributed by atoms with Gasteiger partial charge >= 0.3 is 0 Å². The van der Waals surface area contributed by atoms with Crippen molar-refractivity contribution in [3.05, 3.63) is 28.2 Å². The molecule has 4 atom stereocenters. The van der Waals surface area contributed by atoms with Crippen molar-refractivity contribution in [1.29, 1.82) is 0 Å². The Morgan fingerprint density at radius 3 is 2.47 bits per heavy atom. The number of amides is 1. The second kappa shape index (κ2) is 4.13. The quantitative estimate of drug-likeness (QED) is 0.869. The fourth-order valence-electron chi connectivity index (χ4n) is 4.48. The van der Waals surface area contributed by atoms with Gasteiger partial charge in [-0.15, -0.1) is 0 Å². The first-order valence-electron chi connectivity index (χ1n) is 6.91. The second-order valence-corrected chi connectivity index (χ2v) is 6.97. The van der Waals surface area contributed by atoms with Crippen LogP contribution in [0.1, 0.15) is 19.3 Å². The van der Waals surface area contributed by atoms with Crippen LogP contribution in [-0.2, 0) is 4.79 Å². The van der Waals surface area contributed by atoms with Gasteiger partial charge in [-0.1, -0.05) is 23.2 Å². The maximum Gasteiger partial charge on any atom is 0.228 e. The van der Waals surface area contributed by atoms with Crippen molar-refractivity contribution in [3.8, 4) is 0 Å². The normalized spacial score (nSPS) is 38.1. The highest BCUT2D eigenvalue weighted by Gasteiger charge is 2.67. The van der Waals surface area contributed by atoms with Crippen LogP contribution in [0.3, 0.4) is 0 Å². The lowest BCUT2D eigenvalue weighted by Gasteiger charge is -2.10. The van der Waals surface area contributed by atoms with Crippen LogP contribution in [0.5, 0.6) is 0 Å². The molecule has 0 radical (unpaired) electrons.